The van der Waals surface area contributed by atoms with Crippen LogP contribution in [0.3, 0.4) is 0 Å². The van der Waals surface area contributed by atoms with Crippen molar-refractivity contribution < 1.29 is 9.47 Å². The molecular weight excluding hydrogens is 252 g/mol. The lowest BCUT2D eigenvalue weighted by Crippen LogP contribution is -2.19. The van der Waals surface area contributed by atoms with Gasteiger partial charge in [-0.1, -0.05) is 23.8 Å². The average molecular weight is 272 g/mol. The zero-order chi connectivity index (χ0) is 14.2. The maximum atomic E-state index is 5.84. The van der Waals surface area contributed by atoms with E-state index in [9.17, 15) is 0 Å². The van der Waals surface area contributed by atoms with Gasteiger partial charge in [-0.15, -0.1) is 0 Å². The van der Waals surface area contributed by atoms with Crippen molar-refractivity contribution in [2.75, 3.05) is 20.3 Å². The first-order valence-corrected chi connectivity index (χ1v) is 6.67. The lowest BCUT2D eigenvalue weighted by molar-refractivity contribution is 0.199. The van der Waals surface area contributed by atoms with Crippen LogP contribution in [0.1, 0.15) is 11.1 Å². The van der Waals surface area contributed by atoms with E-state index in [-0.39, 0.29) is 0 Å². The number of rotatable bonds is 7. The minimum atomic E-state index is 0.640. The molecule has 4 nitrogen and oxygen atoms in total. The van der Waals surface area contributed by atoms with E-state index in [2.05, 4.69) is 17.2 Å². The van der Waals surface area contributed by atoms with Crippen molar-refractivity contribution in [3.05, 3.63) is 53.7 Å². The monoisotopic (exact) mass is 272 g/mol. The number of aryl methyl sites for hydroxylation is 1. The van der Waals surface area contributed by atoms with Crippen LogP contribution in [0, 0.1) is 6.92 Å². The highest BCUT2D eigenvalue weighted by Crippen LogP contribution is 2.22. The summed E-state index contributed by atoms with van der Waals surface area (Å²) in [5.41, 5.74) is 2.24. The van der Waals surface area contributed by atoms with Crippen molar-refractivity contribution in [2.24, 2.45) is 0 Å². The predicted octanol–water partition coefficient (Wildman–Crippen LogP) is 2.92. The van der Waals surface area contributed by atoms with Crippen molar-refractivity contribution in [2.45, 2.75) is 13.5 Å². The molecule has 1 aromatic carbocycles. The van der Waals surface area contributed by atoms with Gasteiger partial charge in [-0.3, -0.25) is 0 Å². The number of hydrogen-bond donors (Lipinski definition) is 1. The Labute approximate surface area is 119 Å². The number of methoxy groups -OCH3 is 1. The third kappa shape index (κ3) is 4.33. The first-order valence-electron chi connectivity index (χ1n) is 6.67. The number of pyridine rings is 1. The molecular formula is C16H20N2O2. The summed E-state index contributed by atoms with van der Waals surface area (Å²) in [7, 11) is 1.69. The van der Waals surface area contributed by atoms with E-state index in [0.29, 0.717) is 19.0 Å². The normalized spacial score (nSPS) is 10.5. The second-order valence-electron chi connectivity index (χ2n) is 4.55. The van der Waals surface area contributed by atoms with Crippen molar-refractivity contribution in [3.8, 4) is 11.6 Å². The molecule has 106 valence electrons. The third-order valence-electron chi connectivity index (χ3n) is 2.88. The van der Waals surface area contributed by atoms with Crippen LogP contribution in [0.5, 0.6) is 11.6 Å². The van der Waals surface area contributed by atoms with E-state index in [4.69, 9.17) is 9.47 Å². The number of nitrogens with one attached hydrogen (secondary N) is 1. The van der Waals surface area contributed by atoms with Gasteiger partial charge in [-0.05, 0) is 25.1 Å². The molecule has 20 heavy (non-hydrogen) atoms. The molecule has 0 bridgehead atoms. The molecule has 1 aromatic heterocycles. The Hall–Kier alpha value is -1.91. The fourth-order valence-electron chi connectivity index (χ4n) is 1.77. The van der Waals surface area contributed by atoms with Crippen LogP contribution in [0.15, 0.2) is 42.6 Å². The van der Waals surface area contributed by atoms with Crippen molar-refractivity contribution in [1.82, 2.24) is 10.3 Å². The van der Waals surface area contributed by atoms with Crippen molar-refractivity contribution >= 4 is 0 Å². The van der Waals surface area contributed by atoms with Gasteiger partial charge < -0.3 is 14.8 Å². The molecule has 1 N–H and O–H groups in total. The Morgan fingerprint density at radius 1 is 1.15 bits per heavy atom. The maximum absolute atomic E-state index is 5.84. The SMILES string of the molecule is COCCNCc1cccnc1Oc1ccc(C)cc1. The Bertz CT molecular complexity index is 526. The Balaban J connectivity index is 2.01. The summed E-state index contributed by atoms with van der Waals surface area (Å²) in [4.78, 5) is 4.30. The van der Waals surface area contributed by atoms with Gasteiger partial charge in [0.05, 0.1) is 6.61 Å². The zero-order valence-electron chi connectivity index (χ0n) is 11.9. The summed E-state index contributed by atoms with van der Waals surface area (Å²) >= 11 is 0. The van der Waals surface area contributed by atoms with Crippen LogP contribution >= 0.6 is 0 Å². The first-order chi connectivity index (χ1) is 9.79. The quantitative estimate of drug-likeness (QED) is 0.787. The van der Waals surface area contributed by atoms with E-state index in [1.54, 1.807) is 13.3 Å². The van der Waals surface area contributed by atoms with Crippen LogP contribution in [0.25, 0.3) is 0 Å². The Morgan fingerprint density at radius 2 is 1.95 bits per heavy atom. The fraction of sp³-hybridized carbons (Fsp3) is 0.312. The second-order valence-corrected chi connectivity index (χ2v) is 4.55. The average Bonchev–Trinajstić information content (AvgIpc) is 2.47. The van der Waals surface area contributed by atoms with Crippen LogP contribution in [-0.4, -0.2) is 25.2 Å². The maximum Gasteiger partial charge on any atom is 0.223 e. The summed E-state index contributed by atoms with van der Waals surface area (Å²) in [6.45, 7) is 4.25. The van der Waals surface area contributed by atoms with E-state index >= 15 is 0 Å². The molecule has 0 amide bonds. The van der Waals surface area contributed by atoms with Crippen molar-refractivity contribution in [3.63, 3.8) is 0 Å². The molecule has 0 fully saturated rings. The predicted molar refractivity (Wildman–Crippen MR) is 79.1 cm³/mol. The topological polar surface area (TPSA) is 43.4 Å². The first kappa shape index (κ1) is 14.5. The summed E-state index contributed by atoms with van der Waals surface area (Å²) in [6, 6.07) is 11.9. The molecule has 0 saturated heterocycles. The van der Waals surface area contributed by atoms with Gasteiger partial charge in [-0.25, -0.2) is 4.98 Å². The number of ether oxygens (including phenoxy) is 2. The molecule has 0 aliphatic heterocycles. The van der Waals surface area contributed by atoms with Crippen LogP contribution in [-0.2, 0) is 11.3 Å². The summed E-state index contributed by atoms with van der Waals surface area (Å²) in [6.07, 6.45) is 1.74. The largest absolute Gasteiger partial charge is 0.439 e. The van der Waals surface area contributed by atoms with E-state index in [1.165, 1.54) is 5.56 Å². The fourth-order valence-corrected chi connectivity index (χ4v) is 1.77. The van der Waals surface area contributed by atoms with Crippen LogP contribution in [0.2, 0.25) is 0 Å². The van der Waals surface area contributed by atoms with E-state index < -0.39 is 0 Å². The molecule has 0 aliphatic rings. The summed E-state index contributed by atoms with van der Waals surface area (Å²) in [5, 5.41) is 3.29. The molecule has 2 rings (SSSR count). The zero-order valence-corrected chi connectivity index (χ0v) is 11.9. The molecule has 0 saturated carbocycles. The number of aromatic nitrogens is 1. The lowest BCUT2D eigenvalue weighted by atomic mass is 10.2. The third-order valence-corrected chi connectivity index (χ3v) is 2.88. The molecule has 1 heterocycles. The highest BCUT2D eigenvalue weighted by atomic mass is 16.5. The highest BCUT2D eigenvalue weighted by Gasteiger charge is 2.05. The van der Waals surface area contributed by atoms with Crippen LogP contribution < -0.4 is 10.1 Å². The molecule has 4 heteroatoms. The number of benzene rings is 1. The minimum Gasteiger partial charge on any atom is -0.439 e. The Kier molecular flexibility index (Phi) is 5.53. The van der Waals surface area contributed by atoms with E-state index in [1.807, 2.05) is 36.4 Å². The van der Waals surface area contributed by atoms with Gasteiger partial charge in [0, 0.05) is 32.0 Å². The summed E-state index contributed by atoms with van der Waals surface area (Å²) in [5.74, 6) is 1.44. The van der Waals surface area contributed by atoms with Crippen molar-refractivity contribution in [1.29, 1.82) is 0 Å². The van der Waals surface area contributed by atoms with Gasteiger partial charge in [0.1, 0.15) is 5.75 Å². The van der Waals surface area contributed by atoms with Crippen LogP contribution in [0.4, 0.5) is 0 Å². The molecule has 0 atom stereocenters. The molecule has 2 aromatic rings. The summed E-state index contributed by atoms with van der Waals surface area (Å²) < 4.78 is 10.8. The molecule has 0 spiro atoms. The highest BCUT2D eigenvalue weighted by molar-refractivity contribution is 5.33. The standard InChI is InChI=1S/C16H20N2O2/c1-13-5-7-15(8-6-13)20-16-14(4-3-9-18-16)12-17-10-11-19-2/h3-9,17H,10-12H2,1-2H3. The molecule has 0 radical (unpaired) electrons. The van der Waals surface area contributed by atoms with Gasteiger partial charge in [0.15, 0.2) is 0 Å². The number of hydrogen-bond acceptors (Lipinski definition) is 4. The van der Waals surface area contributed by atoms with Gasteiger partial charge in [-0.2, -0.15) is 0 Å². The number of nitrogens with zero attached hydrogens (tertiary/aromatic N) is 1. The minimum absolute atomic E-state index is 0.640. The van der Waals surface area contributed by atoms with Gasteiger partial charge in [0.2, 0.25) is 5.88 Å². The molecule has 0 aliphatic carbocycles. The Morgan fingerprint density at radius 3 is 2.70 bits per heavy atom. The smallest absolute Gasteiger partial charge is 0.223 e. The van der Waals surface area contributed by atoms with Gasteiger partial charge in [0.25, 0.3) is 0 Å². The lowest BCUT2D eigenvalue weighted by Gasteiger charge is -2.10. The van der Waals surface area contributed by atoms with E-state index in [0.717, 1.165) is 17.9 Å². The molecule has 0 unspecified atom stereocenters. The van der Waals surface area contributed by atoms with Gasteiger partial charge >= 0.3 is 0 Å². The second kappa shape index (κ2) is 7.62.